The molecule has 2 N–H and O–H groups in total. The second-order valence-electron chi connectivity index (χ2n) is 6.77. The number of benzene rings is 1. The molecule has 1 aliphatic heterocycles. The van der Waals surface area contributed by atoms with E-state index in [1.165, 1.54) is 11.5 Å². The molecule has 1 aromatic carbocycles. The molecule has 1 amide bonds. The third kappa shape index (κ3) is 5.56. The fraction of sp³-hybridized carbons (Fsp3) is 0.474. The highest BCUT2D eigenvalue weighted by atomic mass is 32.2. The number of thioether (sulfide) groups is 1. The maximum Gasteiger partial charge on any atom is 0.344 e. The summed E-state index contributed by atoms with van der Waals surface area (Å²) in [6, 6.07) is 8.96. The van der Waals surface area contributed by atoms with Gasteiger partial charge in [0, 0.05) is 6.61 Å². The molecular formula is C19H24N4O4S. The number of amides is 1. The van der Waals surface area contributed by atoms with Crippen LogP contribution in [0.3, 0.4) is 0 Å². The van der Waals surface area contributed by atoms with Crippen molar-refractivity contribution in [1.82, 2.24) is 20.1 Å². The summed E-state index contributed by atoms with van der Waals surface area (Å²) >= 11 is 1.16. The highest BCUT2D eigenvalue weighted by molar-refractivity contribution is 7.99. The predicted octanol–water partition coefficient (Wildman–Crippen LogP) is 1.16. The second kappa shape index (κ2) is 9.70. The van der Waals surface area contributed by atoms with Crippen molar-refractivity contribution >= 4 is 23.5 Å². The molecule has 0 radical (unpaired) electrons. The number of ketones is 1. The van der Waals surface area contributed by atoms with Gasteiger partial charge in [-0.25, -0.2) is 9.89 Å². The zero-order valence-electron chi connectivity index (χ0n) is 15.7. The molecule has 150 valence electrons. The van der Waals surface area contributed by atoms with Gasteiger partial charge >= 0.3 is 5.69 Å². The first kappa shape index (κ1) is 20.3. The van der Waals surface area contributed by atoms with Crippen LogP contribution in [0.4, 0.5) is 0 Å². The lowest BCUT2D eigenvalue weighted by molar-refractivity contribution is -0.125. The molecule has 0 unspecified atom stereocenters. The third-order valence-electron chi connectivity index (χ3n) is 4.57. The topological polar surface area (TPSA) is 106 Å². The number of nitrogens with one attached hydrogen (secondary N) is 2. The number of aromatic nitrogens is 3. The van der Waals surface area contributed by atoms with E-state index in [0.29, 0.717) is 24.7 Å². The molecule has 0 spiro atoms. The SMILES string of the molecule is CC(=O)[C@H](Cc1ccccc1)NC(=O)CSc1n[nH]c(=O)n1C[C@H]1CCCO1. The number of ether oxygens (including phenoxy) is 1. The quantitative estimate of drug-likeness (QED) is 0.608. The first-order chi connectivity index (χ1) is 13.5. The molecule has 1 aromatic heterocycles. The van der Waals surface area contributed by atoms with Gasteiger partial charge in [0.2, 0.25) is 5.91 Å². The van der Waals surface area contributed by atoms with Crippen LogP contribution >= 0.6 is 11.8 Å². The second-order valence-corrected chi connectivity index (χ2v) is 7.71. The van der Waals surface area contributed by atoms with Gasteiger partial charge in [-0.2, -0.15) is 0 Å². The first-order valence-corrected chi connectivity index (χ1v) is 10.2. The van der Waals surface area contributed by atoms with E-state index in [-0.39, 0.29) is 29.2 Å². The van der Waals surface area contributed by atoms with Crippen LogP contribution in [-0.4, -0.2) is 51.0 Å². The Morgan fingerprint density at radius 2 is 2.18 bits per heavy atom. The molecule has 1 fully saturated rings. The Morgan fingerprint density at radius 3 is 2.86 bits per heavy atom. The summed E-state index contributed by atoms with van der Waals surface area (Å²) in [5.41, 5.74) is 0.664. The van der Waals surface area contributed by atoms with E-state index < -0.39 is 6.04 Å². The molecule has 2 aromatic rings. The molecule has 1 saturated heterocycles. The highest BCUT2D eigenvalue weighted by Crippen LogP contribution is 2.18. The number of hydrogen-bond acceptors (Lipinski definition) is 6. The van der Waals surface area contributed by atoms with E-state index >= 15 is 0 Å². The lowest BCUT2D eigenvalue weighted by atomic mass is 10.0. The van der Waals surface area contributed by atoms with E-state index in [2.05, 4.69) is 15.5 Å². The van der Waals surface area contributed by atoms with Crippen molar-refractivity contribution < 1.29 is 14.3 Å². The normalized spacial score (nSPS) is 17.4. The van der Waals surface area contributed by atoms with Crippen LogP contribution in [0.15, 0.2) is 40.3 Å². The van der Waals surface area contributed by atoms with E-state index in [1.54, 1.807) is 0 Å². The number of H-pyrrole nitrogens is 1. The Kier molecular flexibility index (Phi) is 7.05. The van der Waals surface area contributed by atoms with Gasteiger partial charge in [0.15, 0.2) is 10.9 Å². The van der Waals surface area contributed by atoms with Crippen molar-refractivity contribution in [3.8, 4) is 0 Å². The minimum Gasteiger partial charge on any atom is -0.376 e. The van der Waals surface area contributed by atoms with Gasteiger partial charge in [-0.3, -0.25) is 14.2 Å². The Bertz CT molecular complexity index is 858. The lowest BCUT2D eigenvalue weighted by Crippen LogP contribution is -2.42. The molecule has 28 heavy (non-hydrogen) atoms. The van der Waals surface area contributed by atoms with E-state index in [4.69, 9.17) is 4.74 Å². The predicted molar refractivity (Wildman–Crippen MR) is 105 cm³/mol. The fourth-order valence-corrected chi connectivity index (χ4v) is 3.85. The van der Waals surface area contributed by atoms with Crippen molar-refractivity contribution in [2.45, 2.75) is 50.0 Å². The van der Waals surface area contributed by atoms with E-state index in [9.17, 15) is 14.4 Å². The Hall–Kier alpha value is -2.39. The third-order valence-corrected chi connectivity index (χ3v) is 5.55. The molecule has 2 atom stereocenters. The number of carbonyl (C=O) groups is 2. The number of hydrogen-bond donors (Lipinski definition) is 2. The number of carbonyl (C=O) groups excluding carboxylic acids is 2. The van der Waals surface area contributed by atoms with Crippen molar-refractivity contribution in [3.05, 3.63) is 46.4 Å². The van der Waals surface area contributed by atoms with Crippen LogP contribution in [0, 0.1) is 0 Å². The number of Topliss-reactive ketones (excluding diaryl/α,β-unsaturated/α-hetero) is 1. The molecule has 0 aliphatic carbocycles. The van der Waals surface area contributed by atoms with Crippen LogP contribution in [0.25, 0.3) is 0 Å². The summed E-state index contributed by atoms with van der Waals surface area (Å²) in [5, 5.41) is 9.64. The summed E-state index contributed by atoms with van der Waals surface area (Å²) in [6.07, 6.45) is 2.33. The van der Waals surface area contributed by atoms with Crippen LogP contribution in [0.5, 0.6) is 0 Å². The van der Waals surface area contributed by atoms with Crippen molar-refractivity contribution in [1.29, 1.82) is 0 Å². The van der Waals surface area contributed by atoms with Crippen LogP contribution in [0.2, 0.25) is 0 Å². The smallest absolute Gasteiger partial charge is 0.344 e. The summed E-state index contributed by atoms with van der Waals surface area (Å²) in [6.45, 7) is 2.59. The summed E-state index contributed by atoms with van der Waals surface area (Å²) < 4.78 is 7.07. The molecule has 3 rings (SSSR count). The first-order valence-electron chi connectivity index (χ1n) is 9.26. The van der Waals surface area contributed by atoms with Crippen molar-refractivity contribution in [3.63, 3.8) is 0 Å². The standard InChI is InChI=1S/C19H24N4O4S/c1-13(24)16(10-14-6-3-2-4-7-14)20-17(25)12-28-19-22-21-18(26)23(19)11-15-8-5-9-27-15/h2-4,6-7,15-16H,5,8-12H2,1H3,(H,20,25)(H,21,26)/t15-,16+/m1/s1. The maximum atomic E-state index is 12.3. The molecule has 1 aliphatic rings. The molecule has 8 nitrogen and oxygen atoms in total. The fourth-order valence-electron chi connectivity index (χ4n) is 3.08. The zero-order valence-corrected chi connectivity index (χ0v) is 16.5. The minimum absolute atomic E-state index is 0.00329. The van der Waals surface area contributed by atoms with Crippen molar-refractivity contribution in [2.24, 2.45) is 0 Å². The Balaban J connectivity index is 1.56. The molecule has 0 bridgehead atoms. The van der Waals surface area contributed by atoms with Crippen LogP contribution in [-0.2, 0) is 27.3 Å². The van der Waals surface area contributed by atoms with Crippen molar-refractivity contribution in [2.75, 3.05) is 12.4 Å². The number of aromatic amines is 1. The highest BCUT2D eigenvalue weighted by Gasteiger charge is 2.21. The van der Waals surface area contributed by atoms with Crippen LogP contribution < -0.4 is 11.0 Å². The van der Waals surface area contributed by atoms with Gasteiger partial charge in [-0.15, -0.1) is 5.10 Å². The zero-order chi connectivity index (χ0) is 19.9. The minimum atomic E-state index is -0.580. The number of rotatable bonds is 9. The van der Waals surface area contributed by atoms with Gasteiger partial charge in [0.1, 0.15) is 0 Å². The molecule has 2 heterocycles. The van der Waals surface area contributed by atoms with Gasteiger partial charge in [0.25, 0.3) is 0 Å². The van der Waals surface area contributed by atoms with Gasteiger partial charge in [0.05, 0.1) is 24.4 Å². The molecule has 0 saturated carbocycles. The Morgan fingerprint density at radius 1 is 1.39 bits per heavy atom. The Labute approximate surface area is 167 Å². The van der Waals surface area contributed by atoms with Gasteiger partial charge in [-0.05, 0) is 31.7 Å². The summed E-state index contributed by atoms with van der Waals surface area (Å²) in [4.78, 5) is 36.2. The van der Waals surface area contributed by atoms with E-state index in [0.717, 1.165) is 30.2 Å². The monoisotopic (exact) mass is 404 g/mol. The van der Waals surface area contributed by atoms with Gasteiger partial charge < -0.3 is 10.1 Å². The largest absolute Gasteiger partial charge is 0.376 e. The van der Waals surface area contributed by atoms with E-state index in [1.807, 2.05) is 30.3 Å². The summed E-state index contributed by atoms with van der Waals surface area (Å²) in [7, 11) is 0. The van der Waals surface area contributed by atoms with Gasteiger partial charge in [-0.1, -0.05) is 42.1 Å². The maximum absolute atomic E-state index is 12.3. The molecular weight excluding hydrogens is 380 g/mol. The number of nitrogens with zero attached hydrogens (tertiary/aromatic N) is 2. The average Bonchev–Trinajstić information content (AvgIpc) is 3.31. The van der Waals surface area contributed by atoms with Crippen LogP contribution in [0.1, 0.15) is 25.3 Å². The molecule has 9 heteroatoms. The average molecular weight is 404 g/mol. The lowest BCUT2D eigenvalue weighted by Gasteiger charge is -2.16. The summed E-state index contributed by atoms with van der Waals surface area (Å²) in [5.74, 6) is -0.313.